The van der Waals surface area contributed by atoms with Gasteiger partial charge in [-0.2, -0.15) is 0 Å². The van der Waals surface area contributed by atoms with E-state index in [1.165, 1.54) is 12.8 Å². The number of methoxy groups -OCH3 is 1. The van der Waals surface area contributed by atoms with Crippen molar-refractivity contribution in [2.75, 3.05) is 44.8 Å². The summed E-state index contributed by atoms with van der Waals surface area (Å²) in [5, 5.41) is 0.756. The molecule has 1 amide bonds. The number of hydrogen-bond donors (Lipinski definition) is 0. The maximum Gasteiger partial charge on any atom is 0.254 e. The number of carbonyl (C=O) groups is 1. The summed E-state index contributed by atoms with van der Waals surface area (Å²) in [7, 11) is 1.66. The highest BCUT2D eigenvalue weighted by molar-refractivity contribution is 6.37. The Bertz CT molecular complexity index is 843. The van der Waals surface area contributed by atoms with E-state index in [4.69, 9.17) is 32.7 Å². The molecule has 0 saturated carbocycles. The second kappa shape index (κ2) is 11.5. The molecule has 1 saturated heterocycles. The molecule has 1 aliphatic heterocycles. The van der Waals surface area contributed by atoms with Crippen LogP contribution in [0, 0.1) is 0 Å². The van der Waals surface area contributed by atoms with Crippen LogP contribution in [0.25, 0.3) is 0 Å². The Hall–Kier alpha value is -2.11. The first-order valence-electron chi connectivity index (χ1n) is 10.8. The molecule has 0 aromatic heterocycles. The molecule has 0 aliphatic carbocycles. The lowest BCUT2D eigenvalue weighted by Crippen LogP contribution is -2.48. The minimum atomic E-state index is -0.0623. The van der Waals surface area contributed by atoms with E-state index in [1.807, 2.05) is 29.2 Å². The molecule has 2 aromatic carbocycles. The largest absolute Gasteiger partial charge is 0.497 e. The first-order chi connectivity index (χ1) is 15.0. The van der Waals surface area contributed by atoms with Crippen LogP contribution in [0.5, 0.6) is 11.5 Å². The van der Waals surface area contributed by atoms with Crippen LogP contribution in [0.4, 0.5) is 5.69 Å². The lowest BCUT2D eigenvalue weighted by atomic mass is 10.1. The van der Waals surface area contributed by atoms with E-state index >= 15 is 0 Å². The molecule has 0 atom stereocenters. The summed E-state index contributed by atoms with van der Waals surface area (Å²) >= 11 is 12.8. The van der Waals surface area contributed by atoms with E-state index in [0.717, 1.165) is 37.4 Å². The van der Waals surface area contributed by atoms with Crippen LogP contribution in [-0.2, 0) is 0 Å². The van der Waals surface area contributed by atoms with E-state index < -0.39 is 0 Å². The fourth-order valence-electron chi connectivity index (χ4n) is 3.67. The number of rotatable bonds is 9. The molecule has 0 bridgehead atoms. The van der Waals surface area contributed by atoms with Crippen LogP contribution in [0.15, 0.2) is 36.4 Å². The molecule has 3 rings (SSSR count). The van der Waals surface area contributed by atoms with Gasteiger partial charge in [0, 0.05) is 37.4 Å². The zero-order valence-electron chi connectivity index (χ0n) is 18.2. The van der Waals surface area contributed by atoms with Gasteiger partial charge in [-0.3, -0.25) is 4.79 Å². The Labute approximate surface area is 194 Å². The molecular formula is C24H30Cl2N2O3. The molecule has 7 heteroatoms. The van der Waals surface area contributed by atoms with E-state index in [-0.39, 0.29) is 5.91 Å². The van der Waals surface area contributed by atoms with Crippen LogP contribution in [0.1, 0.15) is 43.0 Å². The number of benzene rings is 2. The number of amides is 1. The van der Waals surface area contributed by atoms with Crippen molar-refractivity contribution in [3.63, 3.8) is 0 Å². The monoisotopic (exact) mass is 464 g/mol. The van der Waals surface area contributed by atoms with Crippen molar-refractivity contribution in [1.29, 1.82) is 0 Å². The van der Waals surface area contributed by atoms with Gasteiger partial charge in [-0.05, 0) is 42.8 Å². The van der Waals surface area contributed by atoms with Crippen molar-refractivity contribution >= 4 is 34.8 Å². The van der Waals surface area contributed by atoms with Crippen molar-refractivity contribution in [2.45, 2.75) is 32.6 Å². The van der Waals surface area contributed by atoms with Crippen LogP contribution in [0.3, 0.4) is 0 Å². The van der Waals surface area contributed by atoms with Gasteiger partial charge in [-0.15, -0.1) is 0 Å². The Morgan fingerprint density at radius 3 is 2.19 bits per heavy atom. The number of halogens is 2. The van der Waals surface area contributed by atoms with Gasteiger partial charge in [0.2, 0.25) is 0 Å². The molecule has 0 N–H and O–H groups in total. The van der Waals surface area contributed by atoms with Crippen LogP contribution >= 0.6 is 23.2 Å². The third-order valence-corrected chi connectivity index (χ3v) is 6.06. The average Bonchev–Trinajstić information content (AvgIpc) is 2.80. The highest BCUT2D eigenvalue weighted by Crippen LogP contribution is 2.35. The second-order valence-electron chi connectivity index (χ2n) is 7.66. The first-order valence-corrected chi connectivity index (χ1v) is 11.6. The number of carbonyl (C=O) groups excluding carboxylic acids is 1. The molecule has 1 aliphatic rings. The van der Waals surface area contributed by atoms with E-state index in [2.05, 4.69) is 11.8 Å². The number of hydrogen-bond acceptors (Lipinski definition) is 4. The summed E-state index contributed by atoms with van der Waals surface area (Å²) in [6, 6.07) is 11.3. The van der Waals surface area contributed by atoms with E-state index in [0.29, 0.717) is 41.1 Å². The molecule has 168 valence electrons. The number of nitrogens with zero attached hydrogens (tertiary/aromatic N) is 2. The van der Waals surface area contributed by atoms with Gasteiger partial charge in [-0.25, -0.2) is 0 Å². The molecule has 0 spiro atoms. The fourth-order valence-corrected chi connectivity index (χ4v) is 4.26. The minimum Gasteiger partial charge on any atom is -0.497 e. The molecule has 0 unspecified atom stereocenters. The maximum atomic E-state index is 13.0. The molecule has 2 aromatic rings. The van der Waals surface area contributed by atoms with Crippen molar-refractivity contribution in [3.05, 3.63) is 52.0 Å². The predicted octanol–water partition coefficient (Wildman–Crippen LogP) is 5.92. The van der Waals surface area contributed by atoms with Crippen LogP contribution < -0.4 is 14.4 Å². The van der Waals surface area contributed by atoms with Crippen LogP contribution in [0.2, 0.25) is 10.0 Å². The Morgan fingerprint density at radius 1 is 0.968 bits per heavy atom. The quantitative estimate of drug-likeness (QED) is 0.431. The zero-order chi connectivity index (χ0) is 22.2. The number of unbranched alkanes of at least 4 members (excludes halogenated alkanes) is 3. The molecular weight excluding hydrogens is 435 g/mol. The second-order valence-corrected chi connectivity index (χ2v) is 8.47. The first kappa shape index (κ1) is 23.6. The molecule has 1 fully saturated rings. The summed E-state index contributed by atoms with van der Waals surface area (Å²) in [4.78, 5) is 17.1. The molecule has 0 radical (unpaired) electrons. The van der Waals surface area contributed by atoms with Crippen molar-refractivity contribution in [2.24, 2.45) is 0 Å². The molecule has 5 nitrogen and oxygen atoms in total. The summed E-state index contributed by atoms with van der Waals surface area (Å²) in [6.07, 6.45) is 4.43. The van der Waals surface area contributed by atoms with Gasteiger partial charge >= 0.3 is 0 Å². The van der Waals surface area contributed by atoms with Gasteiger partial charge in [0.1, 0.15) is 5.75 Å². The van der Waals surface area contributed by atoms with Gasteiger partial charge in [0.05, 0.1) is 23.8 Å². The van der Waals surface area contributed by atoms with Crippen molar-refractivity contribution < 1.29 is 14.3 Å². The SMILES string of the molecule is CCCCCCOc1c(Cl)cc(C(=O)N2CCN(c3ccc(OC)cc3)CC2)cc1Cl. The number of piperazine rings is 1. The topological polar surface area (TPSA) is 42.0 Å². The van der Waals surface area contributed by atoms with Gasteiger partial charge in [-0.1, -0.05) is 49.4 Å². The van der Waals surface area contributed by atoms with Gasteiger partial charge in [0.25, 0.3) is 5.91 Å². The van der Waals surface area contributed by atoms with E-state index in [9.17, 15) is 4.79 Å². The highest BCUT2D eigenvalue weighted by Gasteiger charge is 2.24. The van der Waals surface area contributed by atoms with Crippen LogP contribution in [-0.4, -0.2) is 50.7 Å². The standard InChI is InChI=1S/C24H30Cl2N2O3/c1-3-4-5-6-15-31-23-21(25)16-18(17-22(23)26)24(29)28-13-11-27(12-14-28)19-7-9-20(30-2)10-8-19/h7-10,16-17H,3-6,11-15H2,1-2H3. The summed E-state index contributed by atoms with van der Waals surface area (Å²) < 4.78 is 11.0. The Kier molecular flexibility index (Phi) is 8.73. The van der Waals surface area contributed by atoms with Crippen molar-refractivity contribution in [1.82, 2.24) is 4.90 Å². The smallest absolute Gasteiger partial charge is 0.254 e. The third-order valence-electron chi connectivity index (χ3n) is 5.49. The average molecular weight is 465 g/mol. The number of anilines is 1. The third kappa shape index (κ3) is 6.20. The predicted molar refractivity (Wildman–Crippen MR) is 127 cm³/mol. The summed E-state index contributed by atoms with van der Waals surface area (Å²) in [5.74, 6) is 1.23. The van der Waals surface area contributed by atoms with Gasteiger partial charge < -0.3 is 19.3 Å². The Balaban J connectivity index is 1.57. The zero-order valence-corrected chi connectivity index (χ0v) is 19.7. The Morgan fingerprint density at radius 2 is 1.61 bits per heavy atom. The fraction of sp³-hybridized carbons (Fsp3) is 0.458. The van der Waals surface area contributed by atoms with Crippen molar-refractivity contribution in [3.8, 4) is 11.5 Å². The lowest BCUT2D eigenvalue weighted by Gasteiger charge is -2.36. The van der Waals surface area contributed by atoms with E-state index in [1.54, 1.807) is 19.2 Å². The summed E-state index contributed by atoms with van der Waals surface area (Å²) in [6.45, 7) is 5.53. The minimum absolute atomic E-state index is 0.0623. The summed E-state index contributed by atoms with van der Waals surface area (Å²) in [5.41, 5.74) is 1.62. The number of ether oxygens (including phenoxy) is 2. The molecule has 31 heavy (non-hydrogen) atoms. The normalized spacial score (nSPS) is 13.9. The highest BCUT2D eigenvalue weighted by atomic mass is 35.5. The molecule has 1 heterocycles. The lowest BCUT2D eigenvalue weighted by molar-refractivity contribution is 0.0746. The van der Waals surface area contributed by atoms with Gasteiger partial charge in [0.15, 0.2) is 5.75 Å². The maximum absolute atomic E-state index is 13.0.